The lowest BCUT2D eigenvalue weighted by Crippen LogP contribution is -2.31. The molecule has 1 unspecified atom stereocenters. The van der Waals surface area contributed by atoms with E-state index in [1.165, 1.54) is 0 Å². The number of carbonyl (C=O) groups is 1. The highest BCUT2D eigenvalue weighted by atomic mass is 16.2. The number of nitrogens with two attached hydrogens (primary N) is 1. The molecule has 0 saturated heterocycles. The second-order valence-electron chi connectivity index (χ2n) is 3.86. The minimum Gasteiger partial charge on any atom is -0.370 e. The zero-order valence-electron chi connectivity index (χ0n) is 8.92. The van der Waals surface area contributed by atoms with E-state index in [1.54, 1.807) is 12.4 Å². The van der Waals surface area contributed by atoms with Gasteiger partial charge in [0.2, 0.25) is 0 Å². The first-order valence-electron chi connectivity index (χ1n) is 5.22. The van der Waals surface area contributed by atoms with Crippen molar-refractivity contribution >= 4 is 22.6 Å². The summed E-state index contributed by atoms with van der Waals surface area (Å²) in [5, 5.41) is 4.45. The lowest BCUT2D eigenvalue weighted by molar-refractivity contribution is -0.120. The largest absolute Gasteiger partial charge is 0.370 e. The van der Waals surface area contributed by atoms with E-state index >= 15 is 0 Å². The van der Waals surface area contributed by atoms with Crippen LogP contribution >= 0.6 is 0 Å². The number of hydrogen-bond acceptors (Lipinski definition) is 4. The van der Waals surface area contributed by atoms with Crippen molar-refractivity contribution in [1.29, 1.82) is 0 Å². The molecular formula is C12H10N4O. The van der Waals surface area contributed by atoms with Crippen LogP contribution < -0.4 is 11.1 Å². The van der Waals surface area contributed by atoms with Gasteiger partial charge in [0, 0.05) is 23.3 Å². The summed E-state index contributed by atoms with van der Waals surface area (Å²) in [5.74, 6) is -0.0476. The van der Waals surface area contributed by atoms with Crippen LogP contribution in [0.5, 0.6) is 0 Å². The van der Waals surface area contributed by atoms with E-state index in [0.29, 0.717) is 0 Å². The third kappa shape index (κ3) is 1.52. The number of benzene rings is 1. The summed E-state index contributed by atoms with van der Waals surface area (Å²) in [6.07, 6.45) is 3.42. The fourth-order valence-corrected chi connectivity index (χ4v) is 1.99. The summed E-state index contributed by atoms with van der Waals surface area (Å²) in [4.78, 5) is 19.9. The Kier molecular flexibility index (Phi) is 2.04. The number of hydrogen-bond donors (Lipinski definition) is 2. The SMILES string of the molecule is NC1=NC(c2cncc3ccccc23)C(=O)N1. The van der Waals surface area contributed by atoms with E-state index in [4.69, 9.17) is 5.73 Å². The molecule has 84 valence electrons. The number of amides is 1. The van der Waals surface area contributed by atoms with Gasteiger partial charge in [-0.25, -0.2) is 4.99 Å². The molecule has 0 aliphatic carbocycles. The van der Waals surface area contributed by atoms with E-state index in [9.17, 15) is 4.79 Å². The number of guanidine groups is 1. The number of nitrogens with one attached hydrogen (secondary N) is 1. The molecular weight excluding hydrogens is 216 g/mol. The standard InChI is InChI=1S/C12H10N4O/c13-12-15-10(11(17)16-12)9-6-14-5-7-3-1-2-4-8(7)9/h1-6,10H,(H3,13,15,16,17). The highest BCUT2D eigenvalue weighted by Gasteiger charge is 2.28. The number of aliphatic imine (C=N–C) groups is 1. The molecule has 0 radical (unpaired) electrons. The second-order valence-corrected chi connectivity index (χ2v) is 3.86. The first-order valence-corrected chi connectivity index (χ1v) is 5.22. The molecule has 1 aliphatic heterocycles. The molecule has 0 spiro atoms. The Morgan fingerprint density at radius 3 is 2.82 bits per heavy atom. The molecule has 1 amide bonds. The number of pyridine rings is 1. The maximum absolute atomic E-state index is 11.7. The fourth-order valence-electron chi connectivity index (χ4n) is 1.99. The first-order chi connectivity index (χ1) is 8.25. The fraction of sp³-hybridized carbons (Fsp3) is 0.0833. The van der Waals surface area contributed by atoms with Gasteiger partial charge in [-0.2, -0.15) is 0 Å². The van der Waals surface area contributed by atoms with Gasteiger partial charge in [-0.05, 0) is 5.39 Å². The number of aromatic nitrogens is 1. The summed E-state index contributed by atoms with van der Waals surface area (Å²) in [7, 11) is 0. The van der Waals surface area contributed by atoms with Gasteiger partial charge in [-0.1, -0.05) is 24.3 Å². The number of rotatable bonds is 1. The van der Waals surface area contributed by atoms with Crippen LogP contribution in [0.1, 0.15) is 11.6 Å². The molecule has 2 aromatic rings. The van der Waals surface area contributed by atoms with Gasteiger partial charge < -0.3 is 5.73 Å². The van der Waals surface area contributed by atoms with Crippen molar-refractivity contribution in [1.82, 2.24) is 10.3 Å². The smallest absolute Gasteiger partial charge is 0.256 e. The van der Waals surface area contributed by atoms with Gasteiger partial charge in [-0.15, -0.1) is 0 Å². The predicted octanol–water partition coefficient (Wildman–Crippen LogP) is 0.720. The zero-order chi connectivity index (χ0) is 11.8. The van der Waals surface area contributed by atoms with Crippen molar-refractivity contribution in [3.8, 4) is 0 Å². The van der Waals surface area contributed by atoms with Crippen LogP contribution in [-0.2, 0) is 4.79 Å². The molecule has 1 aromatic carbocycles. The summed E-state index contributed by atoms with van der Waals surface area (Å²) < 4.78 is 0. The maximum Gasteiger partial charge on any atom is 0.256 e. The van der Waals surface area contributed by atoms with Gasteiger partial charge in [0.25, 0.3) is 5.91 Å². The van der Waals surface area contributed by atoms with Crippen molar-refractivity contribution in [3.63, 3.8) is 0 Å². The molecule has 5 nitrogen and oxygen atoms in total. The quantitative estimate of drug-likeness (QED) is 0.751. The molecule has 5 heteroatoms. The topological polar surface area (TPSA) is 80.4 Å². The van der Waals surface area contributed by atoms with Crippen molar-refractivity contribution in [2.75, 3.05) is 0 Å². The molecule has 0 saturated carbocycles. The lowest BCUT2D eigenvalue weighted by atomic mass is 10.0. The predicted molar refractivity (Wildman–Crippen MR) is 64.2 cm³/mol. The van der Waals surface area contributed by atoms with Gasteiger partial charge in [0.15, 0.2) is 12.0 Å². The number of nitrogens with zero attached hydrogens (tertiary/aromatic N) is 2. The summed E-state index contributed by atoms with van der Waals surface area (Å²) in [6.45, 7) is 0. The Bertz CT molecular complexity index is 630. The Balaban J connectivity index is 2.21. The monoisotopic (exact) mass is 226 g/mol. The van der Waals surface area contributed by atoms with Crippen LogP contribution in [0.15, 0.2) is 41.7 Å². The van der Waals surface area contributed by atoms with Crippen molar-refractivity contribution in [3.05, 3.63) is 42.2 Å². The second kappa shape index (κ2) is 3.55. The number of carbonyl (C=O) groups excluding carboxylic acids is 1. The van der Waals surface area contributed by atoms with Crippen LogP contribution in [0.25, 0.3) is 10.8 Å². The van der Waals surface area contributed by atoms with Crippen LogP contribution in [0.4, 0.5) is 0 Å². The molecule has 0 fully saturated rings. The highest BCUT2D eigenvalue weighted by Crippen LogP contribution is 2.27. The highest BCUT2D eigenvalue weighted by molar-refractivity contribution is 6.06. The van der Waals surface area contributed by atoms with Crippen molar-refractivity contribution < 1.29 is 4.79 Å². The van der Waals surface area contributed by atoms with Gasteiger partial charge in [0.1, 0.15) is 0 Å². The van der Waals surface area contributed by atoms with E-state index in [0.717, 1.165) is 16.3 Å². The average Bonchev–Trinajstić information content (AvgIpc) is 2.68. The maximum atomic E-state index is 11.7. The van der Waals surface area contributed by atoms with Gasteiger partial charge >= 0.3 is 0 Å². The van der Waals surface area contributed by atoms with E-state index in [1.807, 2.05) is 24.3 Å². The van der Waals surface area contributed by atoms with Crippen molar-refractivity contribution in [2.24, 2.45) is 10.7 Å². The first kappa shape index (κ1) is 9.77. The van der Waals surface area contributed by atoms with Crippen LogP contribution in [-0.4, -0.2) is 16.9 Å². The summed E-state index contributed by atoms with van der Waals surface area (Å²) in [5.41, 5.74) is 6.27. The Morgan fingerprint density at radius 1 is 1.24 bits per heavy atom. The summed E-state index contributed by atoms with van der Waals surface area (Å²) >= 11 is 0. The van der Waals surface area contributed by atoms with Gasteiger partial charge in [-0.3, -0.25) is 15.1 Å². The minimum absolute atomic E-state index is 0.160. The normalized spacial score (nSPS) is 19.2. The Morgan fingerprint density at radius 2 is 2.06 bits per heavy atom. The molecule has 1 aliphatic rings. The third-order valence-corrected chi connectivity index (χ3v) is 2.76. The molecule has 17 heavy (non-hydrogen) atoms. The molecule has 1 aromatic heterocycles. The van der Waals surface area contributed by atoms with Gasteiger partial charge in [0.05, 0.1) is 0 Å². The minimum atomic E-state index is -0.589. The van der Waals surface area contributed by atoms with Crippen molar-refractivity contribution in [2.45, 2.75) is 6.04 Å². The lowest BCUT2D eigenvalue weighted by Gasteiger charge is -2.08. The molecule has 0 bridgehead atoms. The Hall–Kier alpha value is -2.43. The van der Waals surface area contributed by atoms with E-state index in [-0.39, 0.29) is 11.9 Å². The molecule has 3 rings (SSSR count). The average molecular weight is 226 g/mol. The van der Waals surface area contributed by atoms with Crippen LogP contribution in [0.2, 0.25) is 0 Å². The van der Waals surface area contributed by atoms with E-state index in [2.05, 4.69) is 15.3 Å². The molecule has 3 N–H and O–H groups in total. The van der Waals surface area contributed by atoms with Crippen LogP contribution in [0, 0.1) is 0 Å². The van der Waals surface area contributed by atoms with Crippen LogP contribution in [0.3, 0.4) is 0 Å². The number of fused-ring (bicyclic) bond motifs is 1. The van der Waals surface area contributed by atoms with E-state index < -0.39 is 6.04 Å². The zero-order valence-corrected chi connectivity index (χ0v) is 8.92. The third-order valence-electron chi connectivity index (χ3n) is 2.76. The molecule has 1 atom stereocenters. The Labute approximate surface area is 97.4 Å². The summed E-state index contributed by atoms with van der Waals surface area (Å²) in [6, 6.07) is 7.16. The molecule has 2 heterocycles.